The van der Waals surface area contributed by atoms with Gasteiger partial charge in [-0.05, 0) is 51.9 Å². The molecular formula is C12H26N2O. The highest BCUT2D eigenvalue weighted by Crippen LogP contribution is 2.06. The molecule has 2 N–H and O–H groups in total. The zero-order chi connectivity index (χ0) is 10.8. The van der Waals surface area contributed by atoms with Crippen molar-refractivity contribution in [2.75, 3.05) is 32.8 Å². The molecule has 1 aliphatic heterocycles. The van der Waals surface area contributed by atoms with Crippen molar-refractivity contribution in [1.82, 2.24) is 10.6 Å². The Morgan fingerprint density at radius 1 is 1.20 bits per heavy atom. The van der Waals surface area contributed by atoms with E-state index in [2.05, 4.69) is 17.6 Å². The van der Waals surface area contributed by atoms with Gasteiger partial charge in [0.15, 0.2) is 0 Å². The third-order valence-corrected chi connectivity index (χ3v) is 2.84. The van der Waals surface area contributed by atoms with Gasteiger partial charge in [-0.15, -0.1) is 0 Å². The molecule has 15 heavy (non-hydrogen) atoms. The predicted molar refractivity (Wildman–Crippen MR) is 64.2 cm³/mol. The first-order valence-corrected chi connectivity index (χ1v) is 6.46. The molecule has 0 aromatic rings. The lowest BCUT2D eigenvalue weighted by atomic mass is 10.1. The number of hydrogen-bond donors (Lipinski definition) is 2. The summed E-state index contributed by atoms with van der Waals surface area (Å²) in [7, 11) is 0. The fourth-order valence-electron chi connectivity index (χ4n) is 1.84. The predicted octanol–water partition coefficient (Wildman–Crippen LogP) is 1.53. The fraction of sp³-hybridized carbons (Fsp3) is 1.00. The summed E-state index contributed by atoms with van der Waals surface area (Å²) in [5.74, 6) is 0. The molecule has 0 aliphatic carbocycles. The van der Waals surface area contributed by atoms with Crippen LogP contribution in [0.25, 0.3) is 0 Å². The average molecular weight is 214 g/mol. The molecule has 0 radical (unpaired) electrons. The molecule has 0 bridgehead atoms. The molecule has 0 unspecified atom stereocenters. The van der Waals surface area contributed by atoms with Crippen molar-refractivity contribution in [3.8, 4) is 0 Å². The van der Waals surface area contributed by atoms with Crippen molar-refractivity contribution in [1.29, 1.82) is 0 Å². The first kappa shape index (κ1) is 12.9. The van der Waals surface area contributed by atoms with Crippen molar-refractivity contribution in [3.05, 3.63) is 0 Å². The minimum absolute atomic E-state index is 0.516. The quantitative estimate of drug-likeness (QED) is 0.601. The van der Waals surface area contributed by atoms with E-state index in [0.717, 1.165) is 39.2 Å². The summed E-state index contributed by atoms with van der Waals surface area (Å²) in [4.78, 5) is 0. The molecule has 0 aromatic carbocycles. The second-order valence-corrected chi connectivity index (χ2v) is 4.28. The van der Waals surface area contributed by atoms with Crippen LogP contribution < -0.4 is 10.6 Å². The van der Waals surface area contributed by atoms with E-state index in [1.807, 2.05) is 0 Å². The maximum atomic E-state index is 5.81. The van der Waals surface area contributed by atoms with E-state index in [-0.39, 0.29) is 0 Å². The Morgan fingerprint density at radius 2 is 1.93 bits per heavy atom. The highest BCUT2D eigenvalue weighted by atomic mass is 16.5. The van der Waals surface area contributed by atoms with Crippen molar-refractivity contribution in [2.45, 2.75) is 45.1 Å². The van der Waals surface area contributed by atoms with Gasteiger partial charge in [0.2, 0.25) is 0 Å². The Balaban J connectivity index is 1.79. The van der Waals surface area contributed by atoms with E-state index >= 15 is 0 Å². The fourth-order valence-corrected chi connectivity index (χ4v) is 1.84. The van der Waals surface area contributed by atoms with Gasteiger partial charge in [0.25, 0.3) is 0 Å². The van der Waals surface area contributed by atoms with Gasteiger partial charge >= 0.3 is 0 Å². The summed E-state index contributed by atoms with van der Waals surface area (Å²) < 4.78 is 5.81. The molecule has 1 fully saturated rings. The van der Waals surface area contributed by atoms with Gasteiger partial charge in [0.1, 0.15) is 0 Å². The number of nitrogens with one attached hydrogen (secondary N) is 2. The first-order chi connectivity index (χ1) is 7.43. The highest BCUT2D eigenvalue weighted by molar-refractivity contribution is 4.68. The number of unbranched alkanes of at least 4 members (excludes halogenated alkanes) is 1. The Kier molecular flexibility index (Phi) is 7.88. The lowest BCUT2D eigenvalue weighted by Gasteiger charge is -2.22. The van der Waals surface area contributed by atoms with Crippen LogP contribution in [0.2, 0.25) is 0 Å². The van der Waals surface area contributed by atoms with Crippen LogP contribution in [0, 0.1) is 0 Å². The SMILES string of the molecule is CCCCNCCCOC1CCNCC1. The van der Waals surface area contributed by atoms with E-state index in [1.165, 1.54) is 25.7 Å². The van der Waals surface area contributed by atoms with Crippen molar-refractivity contribution in [3.63, 3.8) is 0 Å². The summed E-state index contributed by atoms with van der Waals surface area (Å²) in [6, 6.07) is 0. The molecule has 1 aliphatic rings. The highest BCUT2D eigenvalue weighted by Gasteiger charge is 2.12. The monoisotopic (exact) mass is 214 g/mol. The van der Waals surface area contributed by atoms with Gasteiger partial charge in [0.05, 0.1) is 6.10 Å². The van der Waals surface area contributed by atoms with E-state index < -0.39 is 0 Å². The second-order valence-electron chi connectivity index (χ2n) is 4.28. The summed E-state index contributed by atoms with van der Waals surface area (Å²) in [6.45, 7) is 7.65. The van der Waals surface area contributed by atoms with Gasteiger partial charge in [-0.25, -0.2) is 0 Å². The standard InChI is InChI=1S/C12H26N2O/c1-2-3-7-13-8-4-11-15-12-5-9-14-10-6-12/h12-14H,2-11H2,1H3. The molecule has 1 saturated heterocycles. The van der Waals surface area contributed by atoms with Crippen LogP contribution in [0.5, 0.6) is 0 Å². The van der Waals surface area contributed by atoms with Crippen LogP contribution in [0.15, 0.2) is 0 Å². The van der Waals surface area contributed by atoms with Crippen LogP contribution in [0.4, 0.5) is 0 Å². The Morgan fingerprint density at radius 3 is 2.67 bits per heavy atom. The van der Waals surface area contributed by atoms with Gasteiger partial charge in [0, 0.05) is 6.61 Å². The van der Waals surface area contributed by atoms with Gasteiger partial charge < -0.3 is 15.4 Å². The largest absolute Gasteiger partial charge is 0.378 e. The van der Waals surface area contributed by atoms with Crippen LogP contribution in [-0.4, -0.2) is 38.9 Å². The second kappa shape index (κ2) is 9.13. The van der Waals surface area contributed by atoms with Gasteiger partial charge in [-0.1, -0.05) is 13.3 Å². The van der Waals surface area contributed by atoms with E-state index in [1.54, 1.807) is 0 Å². The third-order valence-electron chi connectivity index (χ3n) is 2.84. The summed E-state index contributed by atoms with van der Waals surface area (Å²) in [5, 5.41) is 6.78. The van der Waals surface area contributed by atoms with Gasteiger partial charge in [-0.2, -0.15) is 0 Å². The van der Waals surface area contributed by atoms with Crippen molar-refractivity contribution in [2.24, 2.45) is 0 Å². The van der Waals surface area contributed by atoms with Crippen LogP contribution >= 0.6 is 0 Å². The van der Waals surface area contributed by atoms with Crippen molar-refractivity contribution < 1.29 is 4.74 Å². The Bertz CT molecular complexity index is 136. The Labute approximate surface area is 94.0 Å². The smallest absolute Gasteiger partial charge is 0.0599 e. The molecule has 0 aromatic heterocycles. The summed E-state index contributed by atoms with van der Waals surface area (Å²) in [6.07, 6.45) is 6.59. The molecule has 3 heteroatoms. The molecule has 0 saturated carbocycles. The van der Waals surface area contributed by atoms with Crippen LogP contribution in [-0.2, 0) is 4.74 Å². The topological polar surface area (TPSA) is 33.3 Å². The van der Waals surface area contributed by atoms with Crippen LogP contribution in [0.3, 0.4) is 0 Å². The average Bonchev–Trinajstić information content (AvgIpc) is 2.29. The number of piperidine rings is 1. The normalized spacial score (nSPS) is 18.2. The van der Waals surface area contributed by atoms with E-state index in [4.69, 9.17) is 4.74 Å². The molecular weight excluding hydrogens is 188 g/mol. The number of ether oxygens (including phenoxy) is 1. The summed E-state index contributed by atoms with van der Waals surface area (Å²) in [5.41, 5.74) is 0. The van der Waals surface area contributed by atoms with Gasteiger partial charge in [-0.3, -0.25) is 0 Å². The van der Waals surface area contributed by atoms with Crippen LogP contribution in [0.1, 0.15) is 39.0 Å². The lowest BCUT2D eigenvalue weighted by molar-refractivity contribution is 0.0318. The molecule has 1 rings (SSSR count). The molecule has 1 heterocycles. The molecule has 0 atom stereocenters. The minimum atomic E-state index is 0.516. The molecule has 0 amide bonds. The maximum absolute atomic E-state index is 5.81. The molecule has 0 spiro atoms. The number of hydrogen-bond acceptors (Lipinski definition) is 3. The third kappa shape index (κ3) is 6.88. The van der Waals surface area contributed by atoms with E-state index in [0.29, 0.717) is 6.10 Å². The lowest BCUT2D eigenvalue weighted by Crippen LogP contribution is -2.33. The minimum Gasteiger partial charge on any atom is -0.378 e. The van der Waals surface area contributed by atoms with Crippen molar-refractivity contribution >= 4 is 0 Å². The zero-order valence-electron chi connectivity index (χ0n) is 10.1. The molecule has 90 valence electrons. The first-order valence-electron chi connectivity index (χ1n) is 6.46. The molecule has 3 nitrogen and oxygen atoms in total. The van der Waals surface area contributed by atoms with E-state index in [9.17, 15) is 0 Å². The summed E-state index contributed by atoms with van der Waals surface area (Å²) >= 11 is 0. The number of rotatable bonds is 8. The zero-order valence-corrected chi connectivity index (χ0v) is 10.1. The maximum Gasteiger partial charge on any atom is 0.0599 e. The Hall–Kier alpha value is -0.120.